The lowest BCUT2D eigenvalue weighted by Gasteiger charge is -2.32. The molecule has 1 saturated heterocycles. The number of hydrogen-bond donors (Lipinski definition) is 3. The molecule has 144 valence electrons. The fraction of sp³-hybridized carbons (Fsp3) is 1.00. The molecule has 1 aliphatic heterocycles. The molecule has 0 aliphatic carbocycles. The molecule has 24 heavy (non-hydrogen) atoms. The van der Waals surface area contributed by atoms with Gasteiger partial charge in [-0.1, -0.05) is 0 Å². The first-order valence-electron chi connectivity index (χ1n) is 9.08. The van der Waals surface area contributed by atoms with Crippen molar-refractivity contribution in [3.63, 3.8) is 0 Å². The first kappa shape index (κ1) is 23.0. The van der Waals surface area contributed by atoms with E-state index in [4.69, 9.17) is 37.9 Å². The van der Waals surface area contributed by atoms with Crippen molar-refractivity contribution in [3.8, 4) is 0 Å². The van der Waals surface area contributed by atoms with E-state index in [1.54, 1.807) is 0 Å². The van der Waals surface area contributed by atoms with Gasteiger partial charge in [-0.15, -0.1) is 0 Å². The maximum Gasteiger partial charge on any atom is 0.0200 e. The second kappa shape index (κ2) is 9.23. The third kappa shape index (κ3) is 11.5. The molecule has 0 saturated carbocycles. The lowest BCUT2D eigenvalue weighted by Crippen LogP contribution is -2.43. The van der Waals surface area contributed by atoms with Crippen LogP contribution in [-0.4, -0.2) is 87.8 Å². The SMILES string of the molecule is CC(C)(S)CN1CCN(CC(C)(C)S)CCN(CC(C)(C)S)CC1. The molecule has 0 bridgehead atoms. The lowest BCUT2D eigenvalue weighted by molar-refractivity contribution is 0.204. The molecule has 1 aliphatic rings. The summed E-state index contributed by atoms with van der Waals surface area (Å²) in [5, 5.41) is 0. The molecule has 0 aromatic heterocycles. The second-order valence-corrected chi connectivity index (χ2v) is 12.9. The van der Waals surface area contributed by atoms with Crippen molar-refractivity contribution >= 4 is 37.9 Å². The summed E-state index contributed by atoms with van der Waals surface area (Å²) in [6.07, 6.45) is 0. The van der Waals surface area contributed by atoms with Crippen molar-refractivity contribution in [2.75, 3.05) is 58.9 Å². The fourth-order valence-corrected chi connectivity index (χ4v) is 3.90. The highest BCUT2D eigenvalue weighted by Crippen LogP contribution is 2.18. The van der Waals surface area contributed by atoms with Crippen LogP contribution in [0, 0.1) is 0 Å². The predicted octanol–water partition coefficient (Wildman–Crippen LogP) is 3.03. The number of rotatable bonds is 6. The summed E-state index contributed by atoms with van der Waals surface area (Å²) < 4.78 is 0.111. The maximum atomic E-state index is 4.74. The summed E-state index contributed by atoms with van der Waals surface area (Å²) in [7, 11) is 0. The molecule has 1 rings (SSSR count). The van der Waals surface area contributed by atoms with Gasteiger partial charge < -0.3 is 0 Å². The largest absolute Gasteiger partial charge is 0.299 e. The zero-order valence-corrected chi connectivity index (χ0v) is 19.2. The Bertz CT molecular complexity index is 300. The minimum atomic E-state index is 0.0371. The van der Waals surface area contributed by atoms with Crippen molar-refractivity contribution in [3.05, 3.63) is 0 Å². The Morgan fingerprint density at radius 1 is 0.500 bits per heavy atom. The second-order valence-electron chi connectivity index (χ2n) is 9.27. The number of nitrogens with zero attached hydrogens (tertiary/aromatic N) is 3. The van der Waals surface area contributed by atoms with Crippen molar-refractivity contribution in [1.29, 1.82) is 0 Å². The molecule has 0 amide bonds. The smallest absolute Gasteiger partial charge is 0.0200 e. The van der Waals surface area contributed by atoms with E-state index < -0.39 is 0 Å². The van der Waals surface area contributed by atoms with Crippen LogP contribution in [0.15, 0.2) is 0 Å². The van der Waals surface area contributed by atoms with Crippen LogP contribution >= 0.6 is 37.9 Å². The molecule has 0 unspecified atom stereocenters. The summed E-state index contributed by atoms with van der Waals surface area (Å²) in [4.78, 5) is 7.69. The third-order valence-corrected chi connectivity index (χ3v) is 4.45. The van der Waals surface area contributed by atoms with Gasteiger partial charge >= 0.3 is 0 Å². The summed E-state index contributed by atoms with van der Waals surface area (Å²) in [5.74, 6) is 0. The molecule has 1 heterocycles. The van der Waals surface area contributed by atoms with E-state index >= 15 is 0 Å². The molecule has 0 aromatic rings. The summed E-state index contributed by atoms with van der Waals surface area (Å²) >= 11 is 14.2. The molecular weight excluding hydrogens is 354 g/mol. The first-order chi connectivity index (χ1) is 10.7. The van der Waals surface area contributed by atoms with Crippen LogP contribution in [-0.2, 0) is 0 Å². The van der Waals surface area contributed by atoms with Crippen molar-refractivity contribution in [2.24, 2.45) is 0 Å². The predicted molar refractivity (Wildman–Crippen MR) is 119 cm³/mol. The van der Waals surface area contributed by atoms with Crippen LogP contribution in [0.1, 0.15) is 41.5 Å². The van der Waals surface area contributed by atoms with Gasteiger partial charge in [-0.2, -0.15) is 37.9 Å². The van der Waals surface area contributed by atoms with Crippen LogP contribution in [0.25, 0.3) is 0 Å². The molecule has 0 N–H and O–H groups in total. The zero-order valence-electron chi connectivity index (χ0n) is 16.5. The molecule has 0 aromatic carbocycles. The van der Waals surface area contributed by atoms with E-state index in [-0.39, 0.29) is 14.2 Å². The van der Waals surface area contributed by atoms with E-state index in [0.29, 0.717) is 0 Å². The lowest BCUT2D eigenvalue weighted by atomic mass is 10.2. The van der Waals surface area contributed by atoms with Gasteiger partial charge in [0.05, 0.1) is 0 Å². The third-order valence-electron chi connectivity index (χ3n) is 4.03. The number of hydrogen-bond acceptors (Lipinski definition) is 6. The van der Waals surface area contributed by atoms with Crippen LogP contribution in [0.4, 0.5) is 0 Å². The maximum absolute atomic E-state index is 4.74. The van der Waals surface area contributed by atoms with Gasteiger partial charge in [0.25, 0.3) is 0 Å². The molecule has 0 atom stereocenters. The minimum Gasteiger partial charge on any atom is -0.299 e. The van der Waals surface area contributed by atoms with Crippen LogP contribution in [0.2, 0.25) is 0 Å². The van der Waals surface area contributed by atoms with E-state index in [9.17, 15) is 0 Å². The summed E-state index contributed by atoms with van der Waals surface area (Å²) in [5.41, 5.74) is 0. The van der Waals surface area contributed by atoms with Gasteiger partial charge in [-0.3, -0.25) is 14.7 Å². The Morgan fingerprint density at radius 3 is 0.792 bits per heavy atom. The highest BCUT2D eigenvalue weighted by molar-refractivity contribution is 7.82. The van der Waals surface area contributed by atoms with Gasteiger partial charge in [0, 0.05) is 73.1 Å². The van der Waals surface area contributed by atoms with Gasteiger partial charge in [0.2, 0.25) is 0 Å². The molecule has 1 fully saturated rings. The Hall–Kier alpha value is 0.930. The molecule has 6 heteroatoms. The van der Waals surface area contributed by atoms with Crippen molar-refractivity contribution in [2.45, 2.75) is 55.8 Å². The van der Waals surface area contributed by atoms with Gasteiger partial charge in [-0.05, 0) is 41.5 Å². The summed E-state index contributed by atoms with van der Waals surface area (Å²) in [6, 6.07) is 0. The number of thiol groups is 3. The highest BCUT2D eigenvalue weighted by Gasteiger charge is 2.25. The van der Waals surface area contributed by atoms with Gasteiger partial charge in [-0.25, -0.2) is 0 Å². The summed E-state index contributed by atoms with van der Waals surface area (Å²) in [6.45, 7) is 22.9. The Balaban J connectivity index is 2.79. The molecule has 0 radical (unpaired) electrons. The van der Waals surface area contributed by atoms with E-state index in [2.05, 4.69) is 56.2 Å². The normalized spacial score (nSPS) is 21.4. The topological polar surface area (TPSA) is 9.72 Å². The van der Waals surface area contributed by atoms with E-state index in [0.717, 1.165) is 58.9 Å². The van der Waals surface area contributed by atoms with Crippen LogP contribution < -0.4 is 0 Å². The highest BCUT2D eigenvalue weighted by atomic mass is 32.1. The molecular formula is C18H39N3S3. The van der Waals surface area contributed by atoms with Crippen LogP contribution in [0.5, 0.6) is 0 Å². The van der Waals surface area contributed by atoms with E-state index in [1.807, 2.05) is 0 Å². The van der Waals surface area contributed by atoms with Gasteiger partial charge in [0.1, 0.15) is 0 Å². The first-order valence-corrected chi connectivity index (χ1v) is 10.4. The Labute approximate surface area is 167 Å². The quantitative estimate of drug-likeness (QED) is 0.599. The van der Waals surface area contributed by atoms with Gasteiger partial charge in [0.15, 0.2) is 0 Å². The molecule has 3 nitrogen and oxygen atoms in total. The van der Waals surface area contributed by atoms with Crippen molar-refractivity contribution < 1.29 is 0 Å². The average Bonchev–Trinajstić information content (AvgIpc) is 2.39. The standard InChI is InChI=1S/C18H39N3S3/c1-16(2,22)13-19-7-9-20(14-17(3,4)23)11-12-21(10-8-19)15-18(5,6)24/h22-24H,7-15H2,1-6H3. The Kier molecular flexibility index (Phi) is 8.83. The average molecular weight is 394 g/mol. The minimum absolute atomic E-state index is 0.0371. The van der Waals surface area contributed by atoms with Crippen molar-refractivity contribution in [1.82, 2.24) is 14.7 Å². The monoisotopic (exact) mass is 393 g/mol. The van der Waals surface area contributed by atoms with E-state index in [1.165, 1.54) is 0 Å². The molecule has 0 spiro atoms. The Morgan fingerprint density at radius 2 is 0.667 bits per heavy atom. The van der Waals surface area contributed by atoms with Crippen LogP contribution in [0.3, 0.4) is 0 Å². The zero-order chi connectivity index (χ0) is 18.6. The fourth-order valence-electron chi connectivity index (χ4n) is 3.30.